The van der Waals surface area contributed by atoms with Gasteiger partial charge in [-0.15, -0.1) is 23.5 Å². The van der Waals surface area contributed by atoms with Crippen molar-refractivity contribution < 1.29 is 9.59 Å². The van der Waals surface area contributed by atoms with Gasteiger partial charge in [-0.25, -0.2) is 0 Å². The standard InChI is InChI=1S/C12H14N2O2S2/c13-10(15)7-14-11(16)8-1-3-9(4-2-8)12-17-5-6-18-12/h1-4,12H,5-7H2,(H2,13,15)(H,14,16). The summed E-state index contributed by atoms with van der Waals surface area (Å²) in [7, 11) is 0. The van der Waals surface area contributed by atoms with E-state index < -0.39 is 5.91 Å². The zero-order chi connectivity index (χ0) is 13.0. The fourth-order valence-corrected chi connectivity index (χ4v) is 4.47. The first-order valence-electron chi connectivity index (χ1n) is 5.56. The van der Waals surface area contributed by atoms with Crippen molar-refractivity contribution in [3.8, 4) is 0 Å². The predicted molar refractivity (Wildman–Crippen MR) is 75.6 cm³/mol. The Morgan fingerprint density at radius 3 is 2.39 bits per heavy atom. The minimum absolute atomic E-state index is 0.130. The largest absolute Gasteiger partial charge is 0.368 e. The van der Waals surface area contributed by atoms with E-state index in [0.717, 1.165) is 0 Å². The second-order valence-electron chi connectivity index (χ2n) is 3.84. The highest BCUT2D eigenvalue weighted by atomic mass is 32.2. The molecule has 96 valence electrons. The van der Waals surface area contributed by atoms with Crippen LogP contribution in [-0.2, 0) is 4.79 Å². The van der Waals surface area contributed by atoms with Crippen molar-refractivity contribution >= 4 is 35.3 Å². The number of thioether (sulfide) groups is 2. The van der Waals surface area contributed by atoms with E-state index in [9.17, 15) is 9.59 Å². The van der Waals surface area contributed by atoms with E-state index >= 15 is 0 Å². The molecule has 0 radical (unpaired) electrons. The fraction of sp³-hybridized carbons (Fsp3) is 0.333. The molecule has 6 heteroatoms. The third-order valence-electron chi connectivity index (χ3n) is 2.49. The molecule has 1 aliphatic rings. The van der Waals surface area contributed by atoms with Gasteiger partial charge in [0.1, 0.15) is 0 Å². The molecule has 3 N–H and O–H groups in total. The second kappa shape index (κ2) is 6.15. The average molecular weight is 282 g/mol. The Labute approximate surface area is 114 Å². The van der Waals surface area contributed by atoms with Gasteiger partial charge < -0.3 is 11.1 Å². The van der Waals surface area contributed by atoms with Crippen LogP contribution < -0.4 is 11.1 Å². The van der Waals surface area contributed by atoms with Crippen molar-refractivity contribution in [3.63, 3.8) is 0 Å². The molecule has 1 aromatic carbocycles. The topological polar surface area (TPSA) is 72.2 Å². The molecule has 0 unspecified atom stereocenters. The van der Waals surface area contributed by atoms with Crippen molar-refractivity contribution in [3.05, 3.63) is 35.4 Å². The molecule has 0 saturated carbocycles. The average Bonchev–Trinajstić information content (AvgIpc) is 2.90. The van der Waals surface area contributed by atoms with Crippen molar-refractivity contribution in [2.45, 2.75) is 4.58 Å². The Hall–Kier alpha value is -1.14. The Morgan fingerprint density at radius 2 is 1.83 bits per heavy atom. The van der Waals surface area contributed by atoms with Crippen LogP contribution in [0.5, 0.6) is 0 Å². The summed E-state index contributed by atoms with van der Waals surface area (Å²) in [6, 6.07) is 7.50. The number of rotatable bonds is 4. The third-order valence-corrected chi connectivity index (χ3v) is 5.59. The van der Waals surface area contributed by atoms with Gasteiger partial charge in [-0.05, 0) is 17.7 Å². The van der Waals surface area contributed by atoms with E-state index in [1.165, 1.54) is 17.1 Å². The molecular weight excluding hydrogens is 268 g/mol. The van der Waals surface area contributed by atoms with Gasteiger partial charge in [0.2, 0.25) is 5.91 Å². The molecular formula is C12H14N2O2S2. The van der Waals surface area contributed by atoms with Crippen LogP contribution in [-0.4, -0.2) is 29.9 Å². The molecule has 0 bridgehead atoms. The first-order valence-corrected chi connectivity index (χ1v) is 7.66. The summed E-state index contributed by atoms with van der Waals surface area (Å²) >= 11 is 3.85. The van der Waals surface area contributed by atoms with E-state index in [2.05, 4.69) is 5.32 Å². The molecule has 1 aromatic rings. The number of carbonyl (C=O) groups is 2. The van der Waals surface area contributed by atoms with Crippen molar-refractivity contribution in [1.82, 2.24) is 5.32 Å². The van der Waals surface area contributed by atoms with Gasteiger partial charge in [0.05, 0.1) is 11.1 Å². The quantitative estimate of drug-likeness (QED) is 0.875. The van der Waals surface area contributed by atoms with Crippen LogP contribution in [0.25, 0.3) is 0 Å². The van der Waals surface area contributed by atoms with Gasteiger partial charge in [-0.3, -0.25) is 9.59 Å². The van der Waals surface area contributed by atoms with E-state index in [1.807, 2.05) is 35.7 Å². The lowest BCUT2D eigenvalue weighted by atomic mass is 10.1. The second-order valence-corrected chi connectivity index (χ2v) is 6.57. The molecule has 1 aliphatic heterocycles. The molecule has 0 atom stereocenters. The highest BCUT2D eigenvalue weighted by Gasteiger charge is 2.18. The summed E-state index contributed by atoms with van der Waals surface area (Å²) in [5.74, 6) is 1.54. The van der Waals surface area contributed by atoms with Crippen LogP contribution in [0, 0.1) is 0 Å². The minimum Gasteiger partial charge on any atom is -0.368 e. The Bertz CT molecular complexity index is 442. The van der Waals surface area contributed by atoms with Crippen LogP contribution in [0.1, 0.15) is 20.5 Å². The molecule has 1 fully saturated rings. The van der Waals surface area contributed by atoms with Gasteiger partial charge in [-0.1, -0.05) is 12.1 Å². The number of nitrogens with two attached hydrogens (primary N) is 1. The SMILES string of the molecule is NC(=O)CNC(=O)c1ccc(C2SCCS2)cc1. The first-order chi connectivity index (χ1) is 8.66. The van der Waals surface area contributed by atoms with Crippen molar-refractivity contribution in [2.75, 3.05) is 18.1 Å². The maximum Gasteiger partial charge on any atom is 0.251 e. The maximum atomic E-state index is 11.7. The van der Waals surface area contributed by atoms with Crippen LogP contribution in [0.4, 0.5) is 0 Å². The summed E-state index contributed by atoms with van der Waals surface area (Å²) in [6.07, 6.45) is 0. The van der Waals surface area contributed by atoms with Gasteiger partial charge in [0.15, 0.2) is 0 Å². The first kappa shape index (κ1) is 13.3. The minimum atomic E-state index is -0.543. The van der Waals surface area contributed by atoms with Crippen LogP contribution in [0.15, 0.2) is 24.3 Å². The Balaban J connectivity index is 1.98. The number of nitrogens with one attached hydrogen (secondary N) is 1. The molecule has 18 heavy (non-hydrogen) atoms. The van der Waals surface area contributed by atoms with Crippen molar-refractivity contribution in [2.24, 2.45) is 5.73 Å². The summed E-state index contributed by atoms with van der Waals surface area (Å²) in [6.45, 7) is -0.130. The van der Waals surface area contributed by atoms with E-state index in [0.29, 0.717) is 10.1 Å². The van der Waals surface area contributed by atoms with Crippen LogP contribution in [0.2, 0.25) is 0 Å². The Morgan fingerprint density at radius 1 is 1.22 bits per heavy atom. The number of hydrogen-bond donors (Lipinski definition) is 2. The fourth-order valence-electron chi connectivity index (χ4n) is 1.61. The normalized spacial score (nSPS) is 15.6. The summed E-state index contributed by atoms with van der Waals surface area (Å²) in [4.78, 5) is 22.2. The zero-order valence-corrected chi connectivity index (χ0v) is 11.4. The monoisotopic (exact) mass is 282 g/mol. The van der Waals surface area contributed by atoms with Gasteiger partial charge in [-0.2, -0.15) is 0 Å². The van der Waals surface area contributed by atoms with Crippen LogP contribution >= 0.6 is 23.5 Å². The highest BCUT2D eigenvalue weighted by molar-refractivity contribution is 8.19. The summed E-state index contributed by atoms with van der Waals surface area (Å²) in [5, 5.41) is 2.46. The maximum absolute atomic E-state index is 11.7. The number of carbonyl (C=O) groups excluding carboxylic acids is 2. The van der Waals surface area contributed by atoms with Gasteiger partial charge >= 0.3 is 0 Å². The molecule has 0 aromatic heterocycles. The Kier molecular flexibility index (Phi) is 4.54. The van der Waals surface area contributed by atoms with Gasteiger partial charge in [0.25, 0.3) is 5.91 Å². The number of benzene rings is 1. The van der Waals surface area contributed by atoms with E-state index in [-0.39, 0.29) is 12.5 Å². The predicted octanol–water partition coefficient (Wildman–Crippen LogP) is 1.38. The molecule has 2 rings (SSSR count). The van der Waals surface area contributed by atoms with Gasteiger partial charge in [0, 0.05) is 17.1 Å². The number of primary amides is 1. The lowest BCUT2D eigenvalue weighted by Crippen LogP contribution is -2.33. The number of hydrogen-bond acceptors (Lipinski definition) is 4. The summed E-state index contributed by atoms with van der Waals surface area (Å²) in [5.41, 5.74) is 6.75. The third kappa shape index (κ3) is 3.43. The highest BCUT2D eigenvalue weighted by Crippen LogP contribution is 2.45. The van der Waals surface area contributed by atoms with Crippen molar-refractivity contribution in [1.29, 1.82) is 0 Å². The molecule has 1 heterocycles. The van der Waals surface area contributed by atoms with Crippen LogP contribution in [0.3, 0.4) is 0 Å². The lowest BCUT2D eigenvalue weighted by molar-refractivity contribution is -0.117. The molecule has 1 saturated heterocycles. The molecule has 0 spiro atoms. The lowest BCUT2D eigenvalue weighted by Gasteiger charge is -2.09. The smallest absolute Gasteiger partial charge is 0.251 e. The zero-order valence-electron chi connectivity index (χ0n) is 9.72. The molecule has 4 nitrogen and oxygen atoms in total. The van der Waals surface area contributed by atoms with E-state index in [4.69, 9.17) is 5.73 Å². The number of amides is 2. The van der Waals surface area contributed by atoms with E-state index in [1.54, 1.807) is 12.1 Å². The summed E-state index contributed by atoms with van der Waals surface area (Å²) < 4.78 is 0.479. The molecule has 0 aliphatic carbocycles. The molecule has 2 amide bonds.